The quantitative estimate of drug-likeness (QED) is 0.634. The number of hydrogen-bond donors (Lipinski definition) is 2. The van der Waals surface area contributed by atoms with Crippen LogP contribution in [0.4, 0.5) is 5.69 Å². The third-order valence-corrected chi connectivity index (χ3v) is 6.82. The number of pyridine rings is 1. The lowest BCUT2D eigenvalue weighted by molar-refractivity contribution is -0.119. The van der Waals surface area contributed by atoms with Gasteiger partial charge in [-0.15, -0.1) is 0 Å². The van der Waals surface area contributed by atoms with Crippen LogP contribution in [0.5, 0.6) is 0 Å². The summed E-state index contributed by atoms with van der Waals surface area (Å²) in [4.78, 5) is 16.8. The minimum absolute atomic E-state index is 0.00164. The smallest absolute Gasteiger partial charge is 0.249 e. The molecule has 0 bridgehead atoms. The molecule has 0 spiro atoms. The third kappa shape index (κ3) is 4.26. The molecule has 3 aromatic rings. The van der Waals surface area contributed by atoms with Crippen molar-refractivity contribution in [3.05, 3.63) is 77.9 Å². The van der Waals surface area contributed by atoms with E-state index in [2.05, 4.69) is 27.5 Å². The molecule has 2 aliphatic rings. The van der Waals surface area contributed by atoms with Crippen molar-refractivity contribution in [3.8, 4) is 0 Å². The maximum atomic E-state index is 12.7. The van der Waals surface area contributed by atoms with E-state index in [1.807, 2.05) is 35.0 Å². The second-order valence-electron chi connectivity index (χ2n) is 8.88. The number of carbonyl (C=O) groups is 1. The molecule has 1 aromatic carbocycles. The highest BCUT2D eigenvalue weighted by molar-refractivity contribution is 5.94. The summed E-state index contributed by atoms with van der Waals surface area (Å²) in [5.74, 6) is 0.873. The van der Waals surface area contributed by atoms with E-state index in [-0.39, 0.29) is 11.9 Å². The monoisotopic (exact) mass is 416 g/mol. The molecule has 6 heteroatoms. The van der Waals surface area contributed by atoms with Crippen molar-refractivity contribution in [1.82, 2.24) is 14.8 Å². The van der Waals surface area contributed by atoms with Crippen molar-refractivity contribution >= 4 is 11.6 Å². The van der Waals surface area contributed by atoms with Crippen molar-refractivity contribution in [3.63, 3.8) is 0 Å². The topological polar surface area (TPSA) is 80.0 Å². The van der Waals surface area contributed by atoms with Crippen molar-refractivity contribution < 1.29 is 9.90 Å². The first-order valence-electron chi connectivity index (χ1n) is 11.2. The number of nitrogens with zero attached hydrogens (tertiary/aromatic N) is 3. The molecule has 1 aliphatic carbocycles. The van der Waals surface area contributed by atoms with E-state index in [1.165, 1.54) is 5.56 Å². The molecule has 31 heavy (non-hydrogen) atoms. The number of benzene rings is 1. The highest BCUT2D eigenvalue weighted by Gasteiger charge is 2.31. The first kappa shape index (κ1) is 19.9. The van der Waals surface area contributed by atoms with Crippen LogP contribution in [-0.4, -0.2) is 25.8 Å². The zero-order valence-electron chi connectivity index (χ0n) is 17.5. The van der Waals surface area contributed by atoms with Gasteiger partial charge in [-0.3, -0.25) is 14.5 Å². The van der Waals surface area contributed by atoms with Crippen LogP contribution in [0.2, 0.25) is 0 Å². The highest BCUT2D eigenvalue weighted by Crippen LogP contribution is 2.40. The number of nitrogens with one attached hydrogen (secondary N) is 1. The normalized spacial score (nSPS) is 23.5. The molecule has 4 atom stereocenters. The Kier molecular flexibility index (Phi) is 5.55. The summed E-state index contributed by atoms with van der Waals surface area (Å²) in [6.45, 7) is 0. The van der Waals surface area contributed by atoms with Crippen LogP contribution in [0.1, 0.15) is 54.6 Å². The van der Waals surface area contributed by atoms with Gasteiger partial charge in [-0.05, 0) is 85.8 Å². The molecule has 6 nitrogen and oxygen atoms in total. The van der Waals surface area contributed by atoms with Gasteiger partial charge in [0.25, 0.3) is 0 Å². The number of fused-ring (bicyclic) bond motifs is 1. The number of aromatic nitrogens is 3. The van der Waals surface area contributed by atoms with Gasteiger partial charge in [-0.2, -0.15) is 5.10 Å². The fraction of sp³-hybridized carbons (Fsp3) is 0.400. The lowest BCUT2D eigenvalue weighted by Gasteiger charge is -2.18. The summed E-state index contributed by atoms with van der Waals surface area (Å²) < 4.78 is 1.83. The summed E-state index contributed by atoms with van der Waals surface area (Å²) in [6, 6.07) is 13.8. The van der Waals surface area contributed by atoms with Gasteiger partial charge < -0.3 is 10.4 Å². The predicted octanol–water partition coefficient (Wildman–Crippen LogP) is 4.10. The van der Waals surface area contributed by atoms with Crippen LogP contribution < -0.4 is 5.32 Å². The average Bonchev–Trinajstić information content (AvgIpc) is 3.52. The Morgan fingerprint density at radius 2 is 2.00 bits per heavy atom. The Labute approximate surface area is 182 Å². The van der Waals surface area contributed by atoms with Gasteiger partial charge in [0.05, 0.1) is 6.10 Å². The van der Waals surface area contributed by atoms with Gasteiger partial charge in [-0.25, -0.2) is 0 Å². The van der Waals surface area contributed by atoms with Crippen LogP contribution in [0.3, 0.4) is 0 Å². The molecule has 1 amide bonds. The largest absolute Gasteiger partial charge is 0.388 e. The maximum absolute atomic E-state index is 12.7. The second-order valence-corrected chi connectivity index (χ2v) is 8.88. The highest BCUT2D eigenvalue weighted by atomic mass is 16.3. The summed E-state index contributed by atoms with van der Waals surface area (Å²) in [7, 11) is 0. The number of aryl methyl sites for hydroxylation is 1. The summed E-state index contributed by atoms with van der Waals surface area (Å²) in [5, 5.41) is 18.0. The molecule has 3 heterocycles. The van der Waals surface area contributed by atoms with Gasteiger partial charge in [0.15, 0.2) is 0 Å². The van der Waals surface area contributed by atoms with Crippen LogP contribution in [0.15, 0.2) is 61.1 Å². The van der Waals surface area contributed by atoms with E-state index in [0.717, 1.165) is 55.5 Å². The molecule has 1 aliphatic heterocycles. The van der Waals surface area contributed by atoms with Gasteiger partial charge >= 0.3 is 0 Å². The van der Waals surface area contributed by atoms with E-state index in [0.29, 0.717) is 11.8 Å². The van der Waals surface area contributed by atoms with Crippen molar-refractivity contribution in [2.75, 3.05) is 5.32 Å². The minimum atomic E-state index is -0.429. The molecular weight excluding hydrogens is 388 g/mol. The van der Waals surface area contributed by atoms with E-state index >= 15 is 0 Å². The van der Waals surface area contributed by atoms with E-state index in [1.54, 1.807) is 18.6 Å². The van der Waals surface area contributed by atoms with E-state index < -0.39 is 6.10 Å². The summed E-state index contributed by atoms with van der Waals surface area (Å²) >= 11 is 0. The number of anilines is 1. The van der Waals surface area contributed by atoms with Gasteiger partial charge in [-0.1, -0.05) is 18.2 Å². The predicted molar refractivity (Wildman–Crippen MR) is 118 cm³/mol. The molecule has 2 aromatic heterocycles. The maximum Gasteiger partial charge on any atom is 0.249 e. The molecule has 1 fully saturated rings. The average molecular weight is 417 g/mol. The Balaban J connectivity index is 1.15. The van der Waals surface area contributed by atoms with Gasteiger partial charge in [0.2, 0.25) is 5.91 Å². The van der Waals surface area contributed by atoms with Crippen molar-refractivity contribution in [1.29, 1.82) is 0 Å². The van der Waals surface area contributed by atoms with E-state index in [9.17, 15) is 9.90 Å². The van der Waals surface area contributed by atoms with Crippen LogP contribution >= 0.6 is 0 Å². The number of aliphatic hydroxyl groups excluding tert-OH is 1. The van der Waals surface area contributed by atoms with Crippen LogP contribution in [0.25, 0.3) is 0 Å². The number of hydrogen-bond acceptors (Lipinski definition) is 4. The number of aliphatic hydroxyl groups is 1. The molecular formula is C25H28N4O2. The Morgan fingerprint density at radius 3 is 2.81 bits per heavy atom. The lowest BCUT2D eigenvalue weighted by Crippen LogP contribution is -2.24. The van der Waals surface area contributed by atoms with Crippen LogP contribution in [0, 0.1) is 11.8 Å². The standard InChI is InChI=1S/C25H28N4O2/c30-24(20-2-1-12-26-16-20)19-6-3-18(15-19)14-17-4-7-21(8-5-17)28-25(31)23-10-9-22-11-13-27-29(22)23/h1-2,4-5,7-8,11-13,16,18-19,23-24,30H,3,6,9-10,14-15H2,(H,28,31)/t18-,19-,23-,24-/m0/s1. The molecule has 160 valence electrons. The first-order valence-corrected chi connectivity index (χ1v) is 11.2. The molecule has 1 saturated carbocycles. The second kappa shape index (κ2) is 8.63. The number of rotatable bonds is 6. The Bertz CT molecular complexity index is 1030. The fourth-order valence-corrected chi connectivity index (χ4v) is 5.16. The Hall–Kier alpha value is -2.99. The van der Waals surface area contributed by atoms with Gasteiger partial charge in [0.1, 0.15) is 6.04 Å². The van der Waals surface area contributed by atoms with Crippen molar-refractivity contribution in [2.45, 2.75) is 50.7 Å². The number of amides is 1. The number of carbonyl (C=O) groups excluding carboxylic acids is 1. The van der Waals surface area contributed by atoms with Crippen LogP contribution in [-0.2, 0) is 17.6 Å². The van der Waals surface area contributed by atoms with Crippen molar-refractivity contribution in [2.24, 2.45) is 11.8 Å². The van der Waals surface area contributed by atoms with E-state index in [4.69, 9.17) is 0 Å². The van der Waals surface area contributed by atoms with Gasteiger partial charge in [0, 0.05) is 30.0 Å². The lowest BCUT2D eigenvalue weighted by atomic mass is 9.92. The fourth-order valence-electron chi connectivity index (χ4n) is 5.16. The summed E-state index contributed by atoms with van der Waals surface area (Å²) in [6.07, 6.45) is 10.8. The molecule has 0 radical (unpaired) electrons. The zero-order chi connectivity index (χ0) is 21.2. The zero-order valence-corrected chi connectivity index (χ0v) is 17.5. The molecule has 0 unspecified atom stereocenters. The summed E-state index contributed by atoms with van der Waals surface area (Å²) in [5.41, 5.74) is 4.14. The molecule has 2 N–H and O–H groups in total. The first-order chi connectivity index (χ1) is 15.2. The SMILES string of the molecule is O=C(Nc1ccc(C[C@@H]2CC[C@H]([C@H](O)c3cccnc3)C2)cc1)[C@@H]1CCc2ccnn21. The molecule has 0 saturated heterocycles. The third-order valence-electron chi connectivity index (χ3n) is 6.82. The minimum Gasteiger partial charge on any atom is -0.388 e. The molecule has 5 rings (SSSR count). The Morgan fingerprint density at radius 1 is 1.13 bits per heavy atom.